The Balaban J connectivity index is 3.03. The smallest absolute Gasteiger partial charge is 0.0637 e. The molecule has 4 heteroatoms. The van der Waals surface area contributed by atoms with Crippen molar-refractivity contribution >= 4 is 17.3 Å². The molecule has 0 radical (unpaired) electrons. The lowest BCUT2D eigenvalue weighted by Gasteiger charge is -2.33. The maximum atomic E-state index is 6.36. The Morgan fingerprint density at radius 2 is 1.95 bits per heavy atom. The fraction of sp³-hybridized carbons (Fsp3) is 0.625. The number of rotatable bonds is 8. The van der Waals surface area contributed by atoms with E-state index in [4.69, 9.17) is 22.1 Å². The molecule has 3 nitrogen and oxygen atoms in total. The highest BCUT2D eigenvalue weighted by atomic mass is 35.5. The van der Waals surface area contributed by atoms with Crippen molar-refractivity contribution in [2.45, 2.75) is 45.7 Å². The first kappa shape index (κ1) is 17.3. The van der Waals surface area contributed by atoms with Gasteiger partial charge in [0, 0.05) is 36.4 Å². The summed E-state index contributed by atoms with van der Waals surface area (Å²) in [7, 11) is 1.73. The van der Waals surface area contributed by atoms with Crippen molar-refractivity contribution in [3.8, 4) is 0 Å². The van der Waals surface area contributed by atoms with Crippen LogP contribution in [0.25, 0.3) is 0 Å². The quantitative estimate of drug-likeness (QED) is 0.788. The zero-order chi connectivity index (χ0) is 15.1. The standard InChI is InChI=1S/C16H27ClN2O/c1-5-13(6-2)19(9-10-20-4)14-7-8-15(12(3)18)16(17)11-14/h7-8,11-13H,5-6,9-10,18H2,1-4H3. The lowest BCUT2D eigenvalue weighted by atomic mass is 10.1. The summed E-state index contributed by atoms with van der Waals surface area (Å²) in [5.74, 6) is 0. The Kier molecular flexibility index (Phi) is 7.35. The lowest BCUT2D eigenvalue weighted by Crippen LogP contribution is -2.37. The molecular weight excluding hydrogens is 272 g/mol. The fourth-order valence-electron chi connectivity index (χ4n) is 2.51. The van der Waals surface area contributed by atoms with Crippen molar-refractivity contribution in [1.82, 2.24) is 0 Å². The first-order valence-corrected chi connectivity index (χ1v) is 7.73. The molecule has 2 N–H and O–H groups in total. The number of anilines is 1. The number of hydrogen-bond acceptors (Lipinski definition) is 3. The molecule has 0 bridgehead atoms. The van der Waals surface area contributed by atoms with Crippen molar-refractivity contribution in [1.29, 1.82) is 0 Å². The van der Waals surface area contributed by atoms with Crippen molar-refractivity contribution in [2.24, 2.45) is 5.73 Å². The van der Waals surface area contributed by atoms with E-state index in [1.165, 1.54) is 0 Å². The first-order chi connectivity index (χ1) is 9.54. The second-order valence-electron chi connectivity index (χ2n) is 5.15. The summed E-state index contributed by atoms with van der Waals surface area (Å²) in [5, 5.41) is 0.742. The van der Waals surface area contributed by atoms with E-state index in [9.17, 15) is 0 Å². The van der Waals surface area contributed by atoms with Crippen LogP contribution in [-0.4, -0.2) is 26.3 Å². The van der Waals surface area contributed by atoms with Crippen LogP contribution in [0.3, 0.4) is 0 Å². The van der Waals surface area contributed by atoms with Crippen LogP contribution < -0.4 is 10.6 Å². The van der Waals surface area contributed by atoms with Gasteiger partial charge in [-0.25, -0.2) is 0 Å². The minimum atomic E-state index is -0.0443. The van der Waals surface area contributed by atoms with Crippen LogP contribution in [0, 0.1) is 0 Å². The fourth-order valence-corrected chi connectivity index (χ4v) is 2.85. The molecule has 0 aliphatic carbocycles. The highest BCUT2D eigenvalue weighted by Gasteiger charge is 2.17. The van der Waals surface area contributed by atoms with Crippen molar-refractivity contribution in [3.63, 3.8) is 0 Å². The van der Waals surface area contributed by atoms with Crippen LogP contribution in [0.2, 0.25) is 5.02 Å². The summed E-state index contributed by atoms with van der Waals surface area (Å²) in [5.41, 5.74) is 8.05. The van der Waals surface area contributed by atoms with E-state index >= 15 is 0 Å². The van der Waals surface area contributed by atoms with Gasteiger partial charge in [-0.15, -0.1) is 0 Å². The number of benzene rings is 1. The summed E-state index contributed by atoms with van der Waals surface area (Å²) in [6, 6.07) is 6.62. The molecule has 1 atom stereocenters. The Labute approximate surface area is 128 Å². The van der Waals surface area contributed by atoms with E-state index in [1.54, 1.807) is 7.11 Å². The number of methoxy groups -OCH3 is 1. The zero-order valence-corrected chi connectivity index (χ0v) is 13.8. The van der Waals surface area contributed by atoms with Gasteiger partial charge in [0.25, 0.3) is 0 Å². The molecule has 0 saturated carbocycles. The van der Waals surface area contributed by atoms with Gasteiger partial charge in [-0.3, -0.25) is 0 Å². The predicted octanol–water partition coefficient (Wildman–Crippen LogP) is 4.00. The number of hydrogen-bond donors (Lipinski definition) is 1. The van der Waals surface area contributed by atoms with E-state index in [0.29, 0.717) is 12.6 Å². The predicted molar refractivity (Wildman–Crippen MR) is 87.6 cm³/mol. The van der Waals surface area contributed by atoms with Gasteiger partial charge < -0.3 is 15.4 Å². The van der Waals surface area contributed by atoms with Crippen molar-refractivity contribution in [3.05, 3.63) is 28.8 Å². The molecule has 1 rings (SSSR count). The van der Waals surface area contributed by atoms with Crippen LogP contribution in [0.15, 0.2) is 18.2 Å². The van der Waals surface area contributed by atoms with Crippen LogP contribution >= 0.6 is 11.6 Å². The van der Waals surface area contributed by atoms with Crippen LogP contribution in [0.5, 0.6) is 0 Å². The molecule has 1 aromatic carbocycles. The molecule has 1 aromatic rings. The number of halogens is 1. The molecule has 0 amide bonds. The van der Waals surface area contributed by atoms with Gasteiger partial charge in [-0.2, -0.15) is 0 Å². The molecule has 0 heterocycles. The van der Waals surface area contributed by atoms with Crippen LogP contribution in [-0.2, 0) is 4.74 Å². The summed E-state index contributed by atoms with van der Waals surface area (Å²) < 4.78 is 5.23. The lowest BCUT2D eigenvalue weighted by molar-refractivity contribution is 0.202. The Morgan fingerprint density at radius 1 is 1.30 bits per heavy atom. The molecule has 0 aliphatic rings. The van der Waals surface area contributed by atoms with Gasteiger partial charge in [0.2, 0.25) is 0 Å². The molecule has 1 unspecified atom stereocenters. The molecule has 0 aromatic heterocycles. The largest absolute Gasteiger partial charge is 0.383 e. The molecule has 0 fully saturated rings. The maximum Gasteiger partial charge on any atom is 0.0637 e. The molecule has 20 heavy (non-hydrogen) atoms. The molecule has 0 spiro atoms. The average Bonchev–Trinajstić information content (AvgIpc) is 2.43. The minimum absolute atomic E-state index is 0.0443. The van der Waals surface area contributed by atoms with E-state index in [-0.39, 0.29) is 6.04 Å². The van der Waals surface area contributed by atoms with E-state index in [0.717, 1.165) is 35.7 Å². The third-order valence-electron chi connectivity index (χ3n) is 3.73. The van der Waals surface area contributed by atoms with Crippen molar-refractivity contribution < 1.29 is 4.74 Å². The van der Waals surface area contributed by atoms with Gasteiger partial charge in [-0.1, -0.05) is 31.5 Å². The highest BCUT2D eigenvalue weighted by molar-refractivity contribution is 6.31. The molecule has 0 saturated heterocycles. The van der Waals surface area contributed by atoms with Gasteiger partial charge in [0.15, 0.2) is 0 Å². The molecular formula is C16H27ClN2O. The second kappa shape index (κ2) is 8.50. The Bertz CT molecular complexity index is 405. The third kappa shape index (κ3) is 4.37. The van der Waals surface area contributed by atoms with Crippen molar-refractivity contribution in [2.75, 3.05) is 25.2 Å². The normalized spacial score (nSPS) is 12.8. The summed E-state index contributed by atoms with van der Waals surface area (Å²) in [6.45, 7) is 7.96. The topological polar surface area (TPSA) is 38.5 Å². The van der Waals surface area contributed by atoms with Gasteiger partial charge in [0.1, 0.15) is 0 Å². The third-order valence-corrected chi connectivity index (χ3v) is 4.05. The molecule has 0 aliphatic heterocycles. The second-order valence-corrected chi connectivity index (χ2v) is 5.56. The highest BCUT2D eigenvalue weighted by Crippen LogP contribution is 2.29. The summed E-state index contributed by atoms with van der Waals surface area (Å²) >= 11 is 6.36. The van der Waals surface area contributed by atoms with Crippen LogP contribution in [0.1, 0.15) is 45.2 Å². The summed E-state index contributed by atoms with van der Waals surface area (Å²) in [4.78, 5) is 2.38. The van der Waals surface area contributed by atoms with E-state index in [1.807, 2.05) is 19.1 Å². The van der Waals surface area contributed by atoms with Gasteiger partial charge in [-0.05, 0) is 37.5 Å². The first-order valence-electron chi connectivity index (χ1n) is 7.35. The average molecular weight is 299 g/mol. The van der Waals surface area contributed by atoms with E-state index in [2.05, 4.69) is 24.8 Å². The SMILES string of the molecule is CCC(CC)N(CCOC)c1ccc(C(C)N)c(Cl)c1. The Morgan fingerprint density at radius 3 is 2.40 bits per heavy atom. The van der Waals surface area contributed by atoms with E-state index < -0.39 is 0 Å². The van der Waals surface area contributed by atoms with Crippen LogP contribution in [0.4, 0.5) is 5.69 Å². The number of nitrogens with two attached hydrogens (primary N) is 1. The number of nitrogens with zero attached hydrogens (tertiary/aromatic N) is 1. The molecule has 114 valence electrons. The summed E-state index contributed by atoms with van der Waals surface area (Å²) in [6.07, 6.45) is 2.21. The van der Waals surface area contributed by atoms with Gasteiger partial charge in [0.05, 0.1) is 6.61 Å². The Hall–Kier alpha value is -0.770. The monoisotopic (exact) mass is 298 g/mol. The minimum Gasteiger partial charge on any atom is -0.383 e. The maximum absolute atomic E-state index is 6.36. The zero-order valence-electron chi connectivity index (χ0n) is 13.0. The number of ether oxygens (including phenoxy) is 1. The van der Waals surface area contributed by atoms with Gasteiger partial charge >= 0.3 is 0 Å².